The van der Waals surface area contributed by atoms with Gasteiger partial charge in [0.2, 0.25) is 5.82 Å². The number of aryl methyl sites for hydroxylation is 1. The number of amides is 2. The third-order valence-electron chi connectivity index (χ3n) is 4.59. The summed E-state index contributed by atoms with van der Waals surface area (Å²) in [5.41, 5.74) is 2.65. The van der Waals surface area contributed by atoms with Crippen LogP contribution in [0.4, 0.5) is 5.69 Å². The smallest absolute Gasteiger partial charge is 0.251 e. The van der Waals surface area contributed by atoms with Gasteiger partial charge in [-0.15, -0.1) is 10.2 Å². The average Bonchev–Trinajstić information content (AvgIpc) is 3.20. The Kier molecular flexibility index (Phi) is 6.79. The van der Waals surface area contributed by atoms with Gasteiger partial charge in [-0.05, 0) is 67.4 Å². The minimum absolute atomic E-state index is 0.189. The Balaban J connectivity index is 1.80. The molecule has 1 heterocycles. The molecule has 0 aliphatic rings. The Labute approximate surface area is 179 Å². The van der Waals surface area contributed by atoms with Crippen LogP contribution in [-0.4, -0.2) is 38.6 Å². The number of nitrogens with zero attached hydrogens (tertiary/aromatic N) is 4. The lowest BCUT2D eigenvalue weighted by atomic mass is 10.1. The fourth-order valence-corrected chi connectivity index (χ4v) is 3.03. The van der Waals surface area contributed by atoms with Crippen LogP contribution in [0.15, 0.2) is 42.5 Å². The highest BCUT2D eigenvalue weighted by Gasteiger charge is 2.23. The normalized spacial score (nSPS) is 11.7. The molecule has 1 atom stereocenters. The maximum atomic E-state index is 12.9. The number of hydrogen-bond acceptors (Lipinski definition) is 5. The second-order valence-corrected chi connectivity index (χ2v) is 7.18. The predicted octanol–water partition coefficient (Wildman–Crippen LogP) is 3.64. The van der Waals surface area contributed by atoms with Crippen LogP contribution in [-0.2, 0) is 4.79 Å². The first-order valence-electron chi connectivity index (χ1n) is 9.68. The van der Waals surface area contributed by atoms with Crippen molar-refractivity contribution in [3.05, 3.63) is 58.6 Å². The van der Waals surface area contributed by atoms with E-state index in [9.17, 15) is 9.59 Å². The van der Waals surface area contributed by atoms with Crippen LogP contribution in [0.5, 0.6) is 0 Å². The van der Waals surface area contributed by atoms with Crippen molar-refractivity contribution in [2.24, 2.45) is 0 Å². The molecule has 2 aromatic carbocycles. The molecular weight excluding hydrogens is 404 g/mol. The molecule has 3 rings (SSSR count). The Morgan fingerprint density at radius 1 is 1.13 bits per heavy atom. The van der Waals surface area contributed by atoms with E-state index in [4.69, 9.17) is 11.6 Å². The van der Waals surface area contributed by atoms with Crippen molar-refractivity contribution in [3.8, 4) is 11.4 Å². The Morgan fingerprint density at radius 3 is 2.53 bits per heavy atom. The molecule has 0 saturated heterocycles. The van der Waals surface area contributed by atoms with Gasteiger partial charge in [0, 0.05) is 28.4 Å². The van der Waals surface area contributed by atoms with Gasteiger partial charge in [-0.3, -0.25) is 9.59 Å². The summed E-state index contributed by atoms with van der Waals surface area (Å²) in [6.07, 6.45) is 0.470. The van der Waals surface area contributed by atoms with Gasteiger partial charge in [-0.1, -0.05) is 24.6 Å². The molecule has 0 spiro atoms. The number of aromatic nitrogens is 4. The third kappa shape index (κ3) is 4.83. The van der Waals surface area contributed by atoms with E-state index in [0.717, 1.165) is 11.1 Å². The summed E-state index contributed by atoms with van der Waals surface area (Å²) in [7, 11) is 0. The van der Waals surface area contributed by atoms with Gasteiger partial charge in [0.1, 0.15) is 0 Å². The number of nitrogens with one attached hydrogen (secondary N) is 2. The summed E-state index contributed by atoms with van der Waals surface area (Å²) in [6.45, 7) is 6.11. The van der Waals surface area contributed by atoms with Crippen molar-refractivity contribution in [1.29, 1.82) is 0 Å². The molecule has 30 heavy (non-hydrogen) atoms. The number of hydrogen-bond donors (Lipinski definition) is 2. The number of carbonyl (C=O) groups excluding carboxylic acids is 2. The van der Waals surface area contributed by atoms with E-state index in [-0.39, 0.29) is 11.8 Å². The predicted molar refractivity (Wildman–Crippen MR) is 115 cm³/mol. The highest BCUT2D eigenvalue weighted by atomic mass is 35.5. The van der Waals surface area contributed by atoms with Crippen LogP contribution in [0.25, 0.3) is 11.4 Å². The topological polar surface area (TPSA) is 102 Å². The zero-order valence-electron chi connectivity index (χ0n) is 17.0. The molecule has 0 bridgehead atoms. The lowest BCUT2D eigenvalue weighted by Gasteiger charge is -2.15. The van der Waals surface area contributed by atoms with E-state index in [1.807, 2.05) is 20.8 Å². The fourth-order valence-electron chi connectivity index (χ4n) is 2.90. The van der Waals surface area contributed by atoms with Gasteiger partial charge in [0.25, 0.3) is 11.8 Å². The molecule has 1 aromatic heterocycles. The molecule has 8 nitrogen and oxygen atoms in total. The van der Waals surface area contributed by atoms with E-state index in [1.165, 1.54) is 4.80 Å². The van der Waals surface area contributed by atoms with Crippen molar-refractivity contribution in [2.75, 3.05) is 11.9 Å². The average molecular weight is 427 g/mol. The first-order chi connectivity index (χ1) is 14.4. The second-order valence-electron chi connectivity index (χ2n) is 6.74. The zero-order chi connectivity index (χ0) is 21.7. The summed E-state index contributed by atoms with van der Waals surface area (Å²) < 4.78 is 0. The molecule has 0 aliphatic carbocycles. The van der Waals surface area contributed by atoms with Crippen LogP contribution in [0.1, 0.15) is 42.2 Å². The molecule has 0 radical (unpaired) electrons. The number of benzene rings is 2. The van der Waals surface area contributed by atoms with E-state index < -0.39 is 6.04 Å². The molecule has 0 fully saturated rings. The maximum Gasteiger partial charge on any atom is 0.251 e. The number of tetrazole rings is 1. The largest absolute Gasteiger partial charge is 0.352 e. The lowest BCUT2D eigenvalue weighted by molar-refractivity contribution is -0.120. The molecule has 0 saturated carbocycles. The third-order valence-corrected chi connectivity index (χ3v) is 4.85. The molecular formula is C21H23ClN6O2. The first kappa shape index (κ1) is 21.4. The number of halogens is 1. The van der Waals surface area contributed by atoms with Gasteiger partial charge in [0.05, 0.1) is 0 Å². The summed E-state index contributed by atoms with van der Waals surface area (Å²) in [6, 6.07) is 11.6. The maximum absolute atomic E-state index is 12.9. The van der Waals surface area contributed by atoms with E-state index >= 15 is 0 Å². The standard InChI is InChI=1S/C21H23ClN6O2/c1-4-18(28-26-19(25-27-28)14-8-10-16(22)11-9-14)21(30)24-17-12-15(7-6-13(17)3)20(29)23-5-2/h6-12,18H,4-5H2,1-3H3,(H,23,29)(H,24,30). The quantitative estimate of drug-likeness (QED) is 0.600. The zero-order valence-corrected chi connectivity index (χ0v) is 17.8. The lowest BCUT2D eigenvalue weighted by Crippen LogP contribution is -2.28. The minimum atomic E-state index is -0.647. The van der Waals surface area contributed by atoms with E-state index in [1.54, 1.807) is 42.5 Å². The molecule has 9 heteroatoms. The van der Waals surface area contributed by atoms with Crippen LogP contribution in [0.3, 0.4) is 0 Å². The van der Waals surface area contributed by atoms with Crippen molar-refractivity contribution in [1.82, 2.24) is 25.5 Å². The van der Waals surface area contributed by atoms with E-state index in [2.05, 4.69) is 26.0 Å². The second kappa shape index (κ2) is 9.49. The van der Waals surface area contributed by atoms with Gasteiger partial charge >= 0.3 is 0 Å². The molecule has 1 unspecified atom stereocenters. The van der Waals surface area contributed by atoms with Crippen molar-refractivity contribution in [3.63, 3.8) is 0 Å². The molecule has 3 aromatic rings. The molecule has 2 amide bonds. The Bertz CT molecular complexity index is 1050. The Hall–Kier alpha value is -3.26. The number of carbonyl (C=O) groups is 2. The van der Waals surface area contributed by atoms with Gasteiger partial charge < -0.3 is 10.6 Å². The van der Waals surface area contributed by atoms with Crippen molar-refractivity contribution in [2.45, 2.75) is 33.2 Å². The van der Waals surface area contributed by atoms with Gasteiger partial charge in [0.15, 0.2) is 6.04 Å². The van der Waals surface area contributed by atoms with Crippen LogP contribution in [0, 0.1) is 6.92 Å². The number of anilines is 1. The summed E-state index contributed by atoms with van der Waals surface area (Å²) in [5.74, 6) is -0.0633. The monoisotopic (exact) mass is 426 g/mol. The Morgan fingerprint density at radius 2 is 1.87 bits per heavy atom. The minimum Gasteiger partial charge on any atom is -0.352 e. The molecule has 0 aliphatic heterocycles. The van der Waals surface area contributed by atoms with Crippen molar-refractivity contribution < 1.29 is 9.59 Å². The van der Waals surface area contributed by atoms with Crippen LogP contribution >= 0.6 is 11.6 Å². The summed E-state index contributed by atoms with van der Waals surface area (Å²) in [5, 5.41) is 18.7. The first-order valence-corrected chi connectivity index (χ1v) is 10.1. The van der Waals surface area contributed by atoms with Crippen LogP contribution in [0.2, 0.25) is 5.02 Å². The fraction of sp³-hybridized carbons (Fsp3) is 0.286. The van der Waals surface area contributed by atoms with Gasteiger partial charge in [-0.25, -0.2) is 0 Å². The SMILES string of the molecule is CCNC(=O)c1ccc(C)c(NC(=O)C(CC)n2nnc(-c3ccc(Cl)cc3)n2)c1. The van der Waals surface area contributed by atoms with Gasteiger partial charge in [-0.2, -0.15) is 4.80 Å². The van der Waals surface area contributed by atoms with E-state index in [0.29, 0.717) is 35.1 Å². The molecule has 156 valence electrons. The van der Waals surface area contributed by atoms with Crippen molar-refractivity contribution >= 4 is 29.1 Å². The highest BCUT2D eigenvalue weighted by Crippen LogP contribution is 2.21. The summed E-state index contributed by atoms with van der Waals surface area (Å²) in [4.78, 5) is 26.3. The number of rotatable bonds is 7. The summed E-state index contributed by atoms with van der Waals surface area (Å²) >= 11 is 5.92. The molecule has 2 N–H and O–H groups in total. The van der Waals surface area contributed by atoms with Crippen LogP contribution < -0.4 is 10.6 Å². The highest BCUT2D eigenvalue weighted by molar-refractivity contribution is 6.30.